The second-order valence-electron chi connectivity index (χ2n) is 3.36. The maximum Gasteiger partial charge on any atom is 0.374 e. The minimum Gasteiger partial charge on any atom is -0.478 e. The van der Waals surface area contributed by atoms with E-state index in [2.05, 4.69) is 0 Å². The maximum absolute atomic E-state index is 11.4. The zero-order chi connectivity index (χ0) is 12.4. The lowest BCUT2D eigenvalue weighted by Crippen LogP contribution is -2.02. The average molecular weight is 234 g/mol. The summed E-state index contributed by atoms with van der Waals surface area (Å²) in [6.07, 6.45) is 0. The summed E-state index contributed by atoms with van der Waals surface area (Å²) in [5.41, 5.74) is 0.209. The summed E-state index contributed by atoms with van der Waals surface area (Å²) in [5.74, 6) is -1.68. The molecule has 0 aliphatic heterocycles. The summed E-state index contributed by atoms with van der Waals surface area (Å²) in [5, 5.41) is 9.52. The monoisotopic (exact) mass is 234 g/mol. The van der Waals surface area contributed by atoms with E-state index < -0.39 is 11.9 Å². The fourth-order valence-electron chi connectivity index (χ4n) is 1.53. The Balaban J connectivity index is 2.54. The molecule has 0 amide bonds. The number of para-hydroxylation sites is 1. The van der Waals surface area contributed by atoms with E-state index in [0.717, 1.165) is 0 Å². The molecular formula is C12H10O5. The van der Waals surface area contributed by atoms with Gasteiger partial charge < -0.3 is 14.3 Å². The molecule has 0 fully saturated rings. The number of fused-ring (bicyclic) bond motifs is 1. The van der Waals surface area contributed by atoms with E-state index in [4.69, 9.17) is 14.3 Å². The number of esters is 1. The van der Waals surface area contributed by atoms with Gasteiger partial charge in [-0.25, -0.2) is 9.59 Å². The lowest BCUT2D eigenvalue weighted by Gasteiger charge is -1.96. The maximum atomic E-state index is 11.4. The summed E-state index contributed by atoms with van der Waals surface area (Å²) in [4.78, 5) is 22.4. The van der Waals surface area contributed by atoms with Crippen molar-refractivity contribution >= 4 is 22.9 Å². The molecule has 17 heavy (non-hydrogen) atoms. The van der Waals surface area contributed by atoms with Crippen molar-refractivity contribution in [3.05, 3.63) is 35.6 Å². The van der Waals surface area contributed by atoms with Crippen LogP contribution in [0.25, 0.3) is 11.0 Å². The Morgan fingerprint density at radius 2 is 2.18 bits per heavy atom. The van der Waals surface area contributed by atoms with Crippen LogP contribution in [0.5, 0.6) is 0 Å². The topological polar surface area (TPSA) is 76.7 Å². The van der Waals surface area contributed by atoms with Crippen molar-refractivity contribution < 1.29 is 23.8 Å². The number of carbonyl (C=O) groups excluding carboxylic acids is 1. The molecule has 0 aliphatic carbocycles. The highest BCUT2D eigenvalue weighted by atomic mass is 16.5. The minimum atomic E-state index is -1.10. The van der Waals surface area contributed by atoms with Crippen molar-refractivity contribution in [1.82, 2.24) is 0 Å². The summed E-state index contributed by atoms with van der Waals surface area (Å²) in [6.45, 7) is 1.92. The third kappa shape index (κ3) is 1.99. The Bertz CT molecular complexity index is 582. The third-order valence-corrected chi connectivity index (χ3v) is 2.25. The number of carbonyl (C=O) groups is 2. The molecule has 1 N–H and O–H groups in total. The molecule has 0 spiro atoms. The number of carboxylic acids is 1. The number of furan rings is 1. The highest BCUT2D eigenvalue weighted by Gasteiger charge is 2.17. The molecule has 0 bridgehead atoms. The first-order valence-electron chi connectivity index (χ1n) is 5.06. The lowest BCUT2D eigenvalue weighted by atomic mass is 10.1. The van der Waals surface area contributed by atoms with Gasteiger partial charge in [0.1, 0.15) is 11.1 Å². The predicted octanol–water partition coefficient (Wildman–Crippen LogP) is 2.31. The summed E-state index contributed by atoms with van der Waals surface area (Å²) < 4.78 is 10.00. The fraction of sp³-hybridized carbons (Fsp3) is 0.167. The molecule has 0 saturated heterocycles. The van der Waals surface area contributed by atoms with Gasteiger partial charge in [0.25, 0.3) is 0 Å². The molecule has 1 aromatic carbocycles. The molecule has 0 aliphatic rings. The zero-order valence-corrected chi connectivity index (χ0v) is 9.10. The van der Waals surface area contributed by atoms with Crippen LogP contribution in [0.2, 0.25) is 0 Å². The second-order valence-corrected chi connectivity index (χ2v) is 3.36. The van der Waals surface area contributed by atoms with Crippen LogP contribution >= 0.6 is 0 Å². The highest BCUT2D eigenvalue weighted by molar-refractivity contribution is 6.03. The zero-order valence-electron chi connectivity index (χ0n) is 9.10. The van der Waals surface area contributed by atoms with Crippen molar-refractivity contribution in [2.45, 2.75) is 6.92 Å². The summed E-state index contributed by atoms with van der Waals surface area (Å²) >= 11 is 0. The number of benzene rings is 1. The molecular weight excluding hydrogens is 224 g/mol. The first kappa shape index (κ1) is 11.2. The number of hydrogen-bond acceptors (Lipinski definition) is 4. The molecule has 5 nitrogen and oxygen atoms in total. The van der Waals surface area contributed by atoms with Crippen LogP contribution in [0.4, 0.5) is 0 Å². The van der Waals surface area contributed by atoms with Crippen LogP contribution in [-0.2, 0) is 4.74 Å². The van der Waals surface area contributed by atoms with E-state index in [9.17, 15) is 9.59 Å². The Labute approximate surface area is 96.6 Å². The lowest BCUT2D eigenvalue weighted by molar-refractivity contribution is 0.0491. The molecule has 2 rings (SSSR count). The van der Waals surface area contributed by atoms with Gasteiger partial charge >= 0.3 is 11.9 Å². The van der Waals surface area contributed by atoms with Crippen LogP contribution in [0.3, 0.4) is 0 Å². The molecule has 2 aromatic rings. The second kappa shape index (κ2) is 4.29. The standard InChI is InChI=1S/C12H10O5/c1-2-16-12(15)9-6-7-4-3-5-8(11(13)14)10(7)17-9/h3-6H,2H2,1H3,(H,13,14). The number of aromatic carboxylic acids is 1. The number of hydrogen-bond donors (Lipinski definition) is 1. The van der Waals surface area contributed by atoms with Crippen LogP contribution in [0.15, 0.2) is 28.7 Å². The molecule has 0 unspecified atom stereocenters. The van der Waals surface area contributed by atoms with Gasteiger partial charge in [-0.1, -0.05) is 12.1 Å². The van der Waals surface area contributed by atoms with E-state index in [1.807, 2.05) is 0 Å². The third-order valence-electron chi connectivity index (χ3n) is 2.25. The fourth-order valence-corrected chi connectivity index (χ4v) is 1.53. The normalized spacial score (nSPS) is 10.4. The van der Waals surface area contributed by atoms with Gasteiger partial charge in [0, 0.05) is 5.39 Å². The van der Waals surface area contributed by atoms with E-state index in [1.165, 1.54) is 12.1 Å². The summed E-state index contributed by atoms with van der Waals surface area (Å²) in [7, 11) is 0. The van der Waals surface area contributed by atoms with Gasteiger partial charge in [0.15, 0.2) is 0 Å². The van der Waals surface area contributed by atoms with E-state index in [1.54, 1.807) is 19.1 Å². The van der Waals surface area contributed by atoms with Gasteiger partial charge in [0.2, 0.25) is 5.76 Å². The molecule has 1 aromatic heterocycles. The molecule has 0 atom stereocenters. The molecule has 0 radical (unpaired) electrons. The molecule has 1 heterocycles. The van der Waals surface area contributed by atoms with Crippen LogP contribution in [0.1, 0.15) is 27.8 Å². The predicted molar refractivity (Wildman–Crippen MR) is 59.1 cm³/mol. The van der Waals surface area contributed by atoms with Crippen molar-refractivity contribution in [3.63, 3.8) is 0 Å². The Hall–Kier alpha value is -2.30. The van der Waals surface area contributed by atoms with Gasteiger partial charge in [-0.2, -0.15) is 0 Å². The van der Waals surface area contributed by atoms with Gasteiger partial charge in [-0.05, 0) is 19.1 Å². The quantitative estimate of drug-likeness (QED) is 0.824. The van der Waals surface area contributed by atoms with Crippen molar-refractivity contribution in [2.24, 2.45) is 0 Å². The molecule has 5 heteroatoms. The van der Waals surface area contributed by atoms with Crippen molar-refractivity contribution in [1.29, 1.82) is 0 Å². The van der Waals surface area contributed by atoms with Gasteiger partial charge in [-0.3, -0.25) is 0 Å². The van der Waals surface area contributed by atoms with Crippen LogP contribution in [0, 0.1) is 0 Å². The van der Waals surface area contributed by atoms with Crippen LogP contribution in [-0.4, -0.2) is 23.7 Å². The molecule has 88 valence electrons. The number of rotatable bonds is 3. The molecule has 0 saturated carbocycles. The van der Waals surface area contributed by atoms with E-state index >= 15 is 0 Å². The smallest absolute Gasteiger partial charge is 0.374 e. The van der Waals surface area contributed by atoms with Crippen molar-refractivity contribution in [2.75, 3.05) is 6.61 Å². The van der Waals surface area contributed by atoms with Gasteiger partial charge in [-0.15, -0.1) is 0 Å². The average Bonchev–Trinajstić information content (AvgIpc) is 2.72. The minimum absolute atomic E-state index is 0.00977. The first-order valence-corrected chi connectivity index (χ1v) is 5.06. The number of ether oxygens (including phenoxy) is 1. The highest BCUT2D eigenvalue weighted by Crippen LogP contribution is 2.23. The van der Waals surface area contributed by atoms with Crippen molar-refractivity contribution in [3.8, 4) is 0 Å². The summed E-state index contributed by atoms with van der Waals surface area (Å²) in [6, 6.07) is 6.16. The largest absolute Gasteiger partial charge is 0.478 e. The van der Waals surface area contributed by atoms with Crippen LogP contribution < -0.4 is 0 Å². The Kier molecular flexibility index (Phi) is 2.82. The first-order chi connectivity index (χ1) is 8.13. The van der Waals surface area contributed by atoms with Gasteiger partial charge in [0.05, 0.1) is 6.61 Å². The Morgan fingerprint density at radius 1 is 1.41 bits per heavy atom. The van der Waals surface area contributed by atoms with E-state index in [-0.39, 0.29) is 23.5 Å². The number of carboxylic acid groups (broad SMARTS) is 1. The Morgan fingerprint density at radius 3 is 2.82 bits per heavy atom. The van der Waals surface area contributed by atoms with E-state index in [0.29, 0.717) is 5.39 Å². The SMILES string of the molecule is CCOC(=O)c1cc2cccc(C(=O)O)c2o1.